The highest BCUT2D eigenvalue weighted by Gasteiger charge is 2.30. The molecule has 0 atom stereocenters. The molecule has 9 heteroatoms. The molecular weight excluding hydrogens is 440 g/mol. The number of benzene rings is 1. The second-order valence-electron chi connectivity index (χ2n) is 9.60. The van der Waals surface area contributed by atoms with E-state index in [0.29, 0.717) is 31.9 Å². The number of carbonyl (C=O) groups is 2. The molecule has 1 aliphatic heterocycles. The number of piperazine rings is 1. The van der Waals surface area contributed by atoms with Crippen LogP contribution in [0.4, 0.5) is 5.69 Å². The molecule has 0 spiro atoms. The van der Waals surface area contributed by atoms with Gasteiger partial charge >= 0.3 is 0 Å². The summed E-state index contributed by atoms with van der Waals surface area (Å²) in [5.41, 5.74) is 3.21. The van der Waals surface area contributed by atoms with Gasteiger partial charge in [-0.2, -0.15) is 4.31 Å². The Balaban J connectivity index is 1.63. The summed E-state index contributed by atoms with van der Waals surface area (Å²) in [5.74, 6) is -0.153. The number of hydrogen-bond acceptors (Lipinski definition) is 5. The summed E-state index contributed by atoms with van der Waals surface area (Å²) in [6.07, 6.45) is 0. The van der Waals surface area contributed by atoms with Gasteiger partial charge in [0.2, 0.25) is 15.9 Å². The molecule has 2 aromatic rings. The number of ketones is 1. The number of carbonyl (C=O) groups excluding carboxylic acids is 2. The van der Waals surface area contributed by atoms with E-state index in [4.69, 9.17) is 0 Å². The van der Waals surface area contributed by atoms with Gasteiger partial charge in [-0.05, 0) is 65.0 Å². The predicted octanol–water partition coefficient (Wildman–Crippen LogP) is 3.01. The smallest absolute Gasteiger partial charge is 0.243 e. The monoisotopic (exact) mass is 474 g/mol. The van der Waals surface area contributed by atoms with Gasteiger partial charge in [0, 0.05) is 61.3 Å². The van der Waals surface area contributed by atoms with E-state index < -0.39 is 10.0 Å². The Bertz CT molecular complexity index is 1140. The summed E-state index contributed by atoms with van der Waals surface area (Å²) >= 11 is 0. The normalized spacial score (nSPS) is 16.1. The number of hydrogen-bond donors (Lipinski definition) is 1. The first-order valence-electron chi connectivity index (χ1n) is 11.1. The first-order valence-corrected chi connectivity index (χ1v) is 12.6. The van der Waals surface area contributed by atoms with Crippen LogP contribution in [0.5, 0.6) is 0 Å². The van der Waals surface area contributed by atoms with Crippen molar-refractivity contribution in [2.24, 2.45) is 0 Å². The Morgan fingerprint density at radius 3 is 2.06 bits per heavy atom. The number of anilines is 1. The first-order chi connectivity index (χ1) is 15.3. The van der Waals surface area contributed by atoms with E-state index in [1.807, 2.05) is 24.8 Å². The minimum absolute atomic E-state index is 0.0588. The summed E-state index contributed by atoms with van der Waals surface area (Å²) in [5, 5.41) is 2.63. The number of rotatable bonds is 6. The molecule has 0 unspecified atom stereocenters. The van der Waals surface area contributed by atoms with Gasteiger partial charge in [0.15, 0.2) is 5.78 Å². The number of aromatic nitrogens is 1. The lowest BCUT2D eigenvalue weighted by Crippen LogP contribution is -2.49. The number of Topliss-reactive ketones (excluding diaryl/α,β-unsaturated/α-hetero) is 1. The molecule has 0 bridgehead atoms. The van der Waals surface area contributed by atoms with Crippen molar-refractivity contribution in [3.8, 4) is 0 Å². The molecule has 2 heterocycles. The molecule has 0 aliphatic carbocycles. The fourth-order valence-corrected chi connectivity index (χ4v) is 5.98. The topological polar surface area (TPSA) is 91.7 Å². The fourth-order valence-electron chi connectivity index (χ4n) is 4.56. The largest absolute Gasteiger partial charge is 0.343 e. The summed E-state index contributed by atoms with van der Waals surface area (Å²) < 4.78 is 29.6. The van der Waals surface area contributed by atoms with Crippen molar-refractivity contribution in [2.45, 2.75) is 52.0 Å². The number of amides is 1. The lowest BCUT2D eigenvalue weighted by molar-refractivity contribution is -0.114. The molecule has 1 amide bonds. The van der Waals surface area contributed by atoms with E-state index >= 15 is 0 Å². The van der Waals surface area contributed by atoms with Crippen LogP contribution in [0.1, 0.15) is 49.4 Å². The molecule has 1 aromatic heterocycles. The molecule has 1 fully saturated rings. The van der Waals surface area contributed by atoms with Gasteiger partial charge in [-0.3, -0.25) is 14.5 Å². The van der Waals surface area contributed by atoms with Crippen LogP contribution in [0.2, 0.25) is 0 Å². The lowest BCUT2D eigenvalue weighted by Gasteiger charge is -2.33. The van der Waals surface area contributed by atoms with Crippen LogP contribution in [0.3, 0.4) is 0 Å². The maximum Gasteiger partial charge on any atom is 0.243 e. The molecule has 1 N–H and O–H groups in total. The van der Waals surface area contributed by atoms with Crippen molar-refractivity contribution >= 4 is 27.4 Å². The van der Waals surface area contributed by atoms with Crippen LogP contribution in [-0.2, 0) is 20.4 Å². The zero-order valence-electron chi connectivity index (χ0n) is 20.3. The van der Waals surface area contributed by atoms with Crippen molar-refractivity contribution in [3.05, 3.63) is 47.3 Å². The van der Waals surface area contributed by atoms with E-state index in [-0.39, 0.29) is 28.7 Å². The Hall–Kier alpha value is -2.49. The maximum atomic E-state index is 13.0. The number of nitrogens with zero attached hydrogens (tertiary/aromatic N) is 3. The van der Waals surface area contributed by atoms with E-state index in [9.17, 15) is 18.0 Å². The SMILES string of the molecule is CC(=O)Nc1ccc(S(=O)(=O)N2CCN(CC(=O)c3cc(C)n(C(C)(C)C)c3C)CC2)cc1. The third-order valence-corrected chi connectivity index (χ3v) is 7.83. The number of aryl methyl sites for hydroxylation is 1. The van der Waals surface area contributed by atoms with Crippen LogP contribution in [0.25, 0.3) is 0 Å². The molecule has 1 saturated heterocycles. The van der Waals surface area contributed by atoms with Crippen LogP contribution < -0.4 is 5.32 Å². The quantitative estimate of drug-likeness (QED) is 0.650. The fraction of sp³-hybridized carbons (Fsp3) is 0.500. The molecule has 33 heavy (non-hydrogen) atoms. The Labute approximate surface area is 196 Å². The molecule has 0 saturated carbocycles. The number of nitrogens with one attached hydrogen (secondary N) is 1. The van der Waals surface area contributed by atoms with Crippen molar-refractivity contribution in [1.29, 1.82) is 0 Å². The van der Waals surface area contributed by atoms with E-state index in [0.717, 1.165) is 17.0 Å². The van der Waals surface area contributed by atoms with Crippen LogP contribution in [0, 0.1) is 13.8 Å². The van der Waals surface area contributed by atoms with Gasteiger partial charge in [0.25, 0.3) is 0 Å². The van der Waals surface area contributed by atoms with Crippen molar-refractivity contribution in [1.82, 2.24) is 13.8 Å². The van der Waals surface area contributed by atoms with Crippen LogP contribution in [0.15, 0.2) is 35.2 Å². The van der Waals surface area contributed by atoms with Gasteiger partial charge in [-0.15, -0.1) is 0 Å². The average molecular weight is 475 g/mol. The van der Waals surface area contributed by atoms with E-state index in [2.05, 4.69) is 30.7 Å². The summed E-state index contributed by atoms with van der Waals surface area (Å²) in [7, 11) is -3.63. The summed E-state index contributed by atoms with van der Waals surface area (Å²) in [4.78, 5) is 26.4. The highest BCUT2D eigenvalue weighted by atomic mass is 32.2. The zero-order valence-corrected chi connectivity index (χ0v) is 21.1. The molecule has 3 rings (SSSR count). The van der Waals surface area contributed by atoms with Crippen LogP contribution >= 0.6 is 0 Å². The average Bonchev–Trinajstić information content (AvgIpc) is 3.02. The van der Waals surface area contributed by atoms with E-state index in [1.165, 1.54) is 23.4 Å². The molecule has 180 valence electrons. The van der Waals surface area contributed by atoms with Crippen molar-refractivity contribution in [3.63, 3.8) is 0 Å². The van der Waals surface area contributed by atoms with Gasteiger partial charge in [-0.1, -0.05) is 0 Å². The number of sulfonamides is 1. The van der Waals surface area contributed by atoms with Crippen molar-refractivity contribution in [2.75, 3.05) is 38.0 Å². The second-order valence-corrected chi connectivity index (χ2v) is 11.5. The summed E-state index contributed by atoms with van der Waals surface area (Å²) in [6, 6.07) is 8.12. The minimum atomic E-state index is -3.63. The Morgan fingerprint density at radius 2 is 1.58 bits per heavy atom. The molecular formula is C24H34N4O4S. The first kappa shape index (κ1) is 25.1. The van der Waals surface area contributed by atoms with Crippen molar-refractivity contribution < 1.29 is 18.0 Å². The lowest BCUT2D eigenvalue weighted by atomic mass is 10.1. The highest BCUT2D eigenvalue weighted by molar-refractivity contribution is 7.89. The van der Waals surface area contributed by atoms with Gasteiger partial charge < -0.3 is 9.88 Å². The van der Waals surface area contributed by atoms with Gasteiger partial charge in [-0.25, -0.2) is 8.42 Å². The standard InChI is InChI=1S/C24H34N4O4S/c1-17-15-22(18(2)28(17)24(4,5)6)23(30)16-26-11-13-27(14-12-26)33(31,32)21-9-7-20(8-10-21)25-19(3)29/h7-10,15H,11-14,16H2,1-6H3,(H,25,29). The third-order valence-electron chi connectivity index (χ3n) is 5.91. The second kappa shape index (κ2) is 9.40. The van der Waals surface area contributed by atoms with Crippen LogP contribution in [-0.4, -0.2) is 66.6 Å². The maximum absolute atomic E-state index is 13.0. The van der Waals surface area contributed by atoms with Gasteiger partial charge in [0.05, 0.1) is 11.4 Å². The van der Waals surface area contributed by atoms with E-state index in [1.54, 1.807) is 12.1 Å². The Morgan fingerprint density at radius 1 is 1.00 bits per heavy atom. The predicted molar refractivity (Wildman–Crippen MR) is 129 cm³/mol. The molecule has 0 radical (unpaired) electrons. The molecule has 8 nitrogen and oxygen atoms in total. The minimum Gasteiger partial charge on any atom is -0.343 e. The Kier molecular flexibility index (Phi) is 7.16. The summed E-state index contributed by atoms with van der Waals surface area (Å²) in [6.45, 7) is 13.7. The molecule has 1 aliphatic rings. The zero-order chi connectivity index (χ0) is 24.6. The van der Waals surface area contributed by atoms with Gasteiger partial charge in [0.1, 0.15) is 0 Å². The molecule has 1 aromatic carbocycles. The third kappa shape index (κ3) is 5.54. The highest BCUT2D eigenvalue weighted by Crippen LogP contribution is 2.25.